The molecular formula is C19H24O2. The van der Waals surface area contributed by atoms with Crippen LogP contribution in [0.1, 0.15) is 34.6 Å². The molecule has 2 nitrogen and oxygen atoms in total. The van der Waals surface area contributed by atoms with Crippen LogP contribution >= 0.6 is 0 Å². The van der Waals surface area contributed by atoms with Gasteiger partial charge in [-0.05, 0) is 31.9 Å². The molecule has 0 saturated carbocycles. The molecule has 0 radical (unpaired) electrons. The summed E-state index contributed by atoms with van der Waals surface area (Å²) in [5, 5.41) is 0. The number of carbonyl (C=O) groups is 2. The zero-order valence-corrected chi connectivity index (χ0v) is 13.7. The largest absolute Gasteiger partial charge is 0.289 e. The van der Waals surface area contributed by atoms with Crippen molar-refractivity contribution in [3.8, 4) is 0 Å². The molecule has 0 aromatic heterocycles. The molecule has 2 heteroatoms. The molecule has 0 aromatic carbocycles. The van der Waals surface area contributed by atoms with Crippen molar-refractivity contribution in [2.45, 2.75) is 34.6 Å². The van der Waals surface area contributed by atoms with Gasteiger partial charge in [0.05, 0.1) is 0 Å². The van der Waals surface area contributed by atoms with Gasteiger partial charge in [-0.3, -0.25) is 9.59 Å². The van der Waals surface area contributed by atoms with E-state index < -0.39 is 0 Å². The lowest BCUT2D eigenvalue weighted by molar-refractivity contribution is -0.115. The van der Waals surface area contributed by atoms with E-state index >= 15 is 0 Å². The molecular weight excluding hydrogens is 260 g/mol. The molecule has 0 N–H and O–H groups in total. The summed E-state index contributed by atoms with van der Waals surface area (Å²) in [6.45, 7) is 20.4. The van der Waals surface area contributed by atoms with E-state index in [9.17, 15) is 9.59 Å². The number of allylic oxidation sites excluding steroid dienone is 9. The fourth-order valence-corrected chi connectivity index (χ4v) is 2.07. The first-order chi connectivity index (χ1) is 9.90. The van der Waals surface area contributed by atoms with E-state index in [0.29, 0.717) is 27.9 Å². The lowest BCUT2D eigenvalue weighted by atomic mass is 9.79. The second kappa shape index (κ2) is 8.15. The van der Waals surface area contributed by atoms with Gasteiger partial charge in [-0.25, -0.2) is 0 Å². The summed E-state index contributed by atoms with van der Waals surface area (Å²) < 4.78 is 0. The van der Waals surface area contributed by atoms with Gasteiger partial charge < -0.3 is 0 Å². The maximum absolute atomic E-state index is 12.5. The molecule has 0 fully saturated rings. The van der Waals surface area contributed by atoms with Crippen molar-refractivity contribution in [2.24, 2.45) is 0 Å². The van der Waals surface area contributed by atoms with Gasteiger partial charge in [0.1, 0.15) is 0 Å². The average molecular weight is 284 g/mol. The van der Waals surface area contributed by atoms with Crippen LogP contribution in [-0.2, 0) is 9.59 Å². The summed E-state index contributed by atoms with van der Waals surface area (Å²) in [4.78, 5) is 25.0. The van der Waals surface area contributed by atoms with Gasteiger partial charge >= 0.3 is 0 Å². The van der Waals surface area contributed by atoms with Gasteiger partial charge in [0.2, 0.25) is 0 Å². The lowest BCUT2D eigenvalue weighted by Crippen LogP contribution is -2.23. The van der Waals surface area contributed by atoms with Crippen molar-refractivity contribution in [3.05, 3.63) is 71.4 Å². The fraction of sp³-hybridized carbons (Fsp3) is 0.263. The second-order valence-electron chi connectivity index (χ2n) is 4.40. The van der Waals surface area contributed by atoms with Gasteiger partial charge in [0.25, 0.3) is 0 Å². The fourth-order valence-electron chi connectivity index (χ4n) is 2.07. The Morgan fingerprint density at radius 3 is 1.57 bits per heavy atom. The van der Waals surface area contributed by atoms with Crippen molar-refractivity contribution >= 4 is 11.6 Å². The number of hydrogen-bond acceptors (Lipinski definition) is 2. The van der Waals surface area contributed by atoms with Crippen LogP contribution in [-0.4, -0.2) is 11.6 Å². The maximum atomic E-state index is 12.5. The molecule has 0 amide bonds. The molecule has 21 heavy (non-hydrogen) atoms. The first-order valence-corrected chi connectivity index (χ1v) is 7.02. The second-order valence-corrected chi connectivity index (χ2v) is 4.40. The quantitative estimate of drug-likeness (QED) is 0.703. The predicted molar refractivity (Wildman–Crippen MR) is 90.1 cm³/mol. The number of hydrogen-bond donors (Lipinski definition) is 0. The highest BCUT2D eigenvalue weighted by Gasteiger charge is 2.32. The molecule has 0 atom stereocenters. The Bertz CT molecular complexity index is 593. The Kier molecular flexibility index (Phi) is 7.29. The normalized spacial score (nSPS) is 15.6. The predicted octanol–water partition coefficient (Wildman–Crippen LogP) is 4.67. The highest BCUT2D eigenvalue weighted by molar-refractivity contribution is 6.30. The van der Waals surface area contributed by atoms with Gasteiger partial charge in [0.15, 0.2) is 11.6 Å². The van der Waals surface area contributed by atoms with Crippen LogP contribution in [0, 0.1) is 0 Å². The minimum Gasteiger partial charge on any atom is -0.289 e. The minimum absolute atomic E-state index is 0.196. The van der Waals surface area contributed by atoms with Crippen molar-refractivity contribution < 1.29 is 9.59 Å². The smallest absolute Gasteiger partial charge is 0.194 e. The van der Waals surface area contributed by atoms with Crippen molar-refractivity contribution in [3.63, 3.8) is 0 Å². The zero-order chi connectivity index (χ0) is 16.7. The van der Waals surface area contributed by atoms with Crippen LogP contribution in [0.5, 0.6) is 0 Å². The summed E-state index contributed by atoms with van der Waals surface area (Å²) in [6, 6.07) is 0. The summed E-state index contributed by atoms with van der Waals surface area (Å²) in [5.41, 5.74) is 2.74. The van der Waals surface area contributed by atoms with Crippen molar-refractivity contribution in [1.29, 1.82) is 0 Å². The van der Waals surface area contributed by atoms with E-state index in [1.807, 2.05) is 33.8 Å². The van der Waals surface area contributed by atoms with Gasteiger partial charge in [-0.15, -0.1) is 0 Å². The van der Waals surface area contributed by atoms with Crippen LogP contribution < -0.4 is 0 Å². The molecule has 0 aliphatic heterocycles. The third-order valence-corrected chi connectivity index (χ3v) is 3.15. The summed E-state index contributed by atoms with van der Waals surface area (Å²) in [5.74, 6) is -0.411. The zero-order valence-electron chi connectivity index (χ0n) is 13.7. The molecule has 1 aliphatic carbocycles. The summed E-state index contributed by atoms with van der Waals surface area (Å²) in [7, 11) is 0. The first kappa shape index (κ1) is 18.8. The minimum atomic E-state index is -0.215. The van der Waals surface area contributed by atoms with Crippen LogP contribution in [0.2, 0.25) is 0 Å². The van der Waals surface area contributed by atoms with Crippen molar-refractivity contribution in [2.75, 3.05) is 0 Å². The highest BCUT2D eigenvalue weighted by Crippen LogP contribution is 2.33. The number of carbonyl (C=O) groups excluding carboxylic acids is 2. The summed E-state index contributed by atoms with van der Waals surface area (Å²) in [6.07, 6.45) is 4.63. The molecule has 0 heterocycles. The van der Waals surface area contributed by atoms with Crippen LogP contribution in [0.3, 0.4) is 0 Å². The topological polar surface area (TPSA) is 34.1 Å². The number of rotatable bonds is 4. The van der Waals surface area contributed by atoms with E-state index in [-0.39, 0.29) is 11.6 Å². The Labute approximate surface area is 127 Å². The Morgan fingerprint density at radius 2 is 1.29 bits per heavy atom. The SMILES string of the molecule is C=CC1=C(C=C)C(=O)C(/C(C)=C\C)=C(C(=C)C)C1=O.CC. The van der Waals surface area contributed by atoms with Gasteiger partial charge in [-0.1, -0.05) is 51.8 Å². The van der Waals surface area contributed by atoms with E-state index in [1.165, 1.54) is 12.2 Å². The molecule has 112 valence electrons. The monoisotopic (exact) mass is 284 g/mol. The van der Waals surface area contributed by atoms with Crippen LogP contribution in [0.4, 0.5) is 0 Å². The van der Waals surface area contributed by atoms with E-state index in [0.717, 1.165) is 5.57 Å². The average Bonchev–Trinajstić information content (AvgIpc) is 2.49. The molecule has 0 saturated heterocycles. The lowest BCUT2D eigenvalue weighted by Gasteiger charge is -2.21. The van der Waals surface area contributed by atoms with E-state index in [2.05, 4.69) is 19.7 Å². The Hall–Kier alpha value is -2.22. The van der Waals surface area contributed by atoms with Crippen molar-refractivity contribution in [1.82, 2.24) is 0 Å². The van der Waals surface area contributed by atoms with Gasteiger partial charge in [0, 0.05) is 22.3 Å². The maximum Gasteiger partial charge on any atom is 0.194 e. The molecule has 0 spiro atoms. The van der Waals surface area contributed by atoms with Crippen LogP contribution in [0.25, 0.3) is 0 Å². The molecule has 0 bridgehead atoms. The van der Waals surface area contributed by atoms with E-state index in [4.69, 9.17) is 0 Å². The summed E-state index contributed by atoms with van der Waals surface area (Å²) >= 11 is 0. The van der Waals surface area contributed by atoms with Gasteiger partial charge in [-0.2, -0.15) is 0 Å². The number of ketones is 2. The number of Topliss-reactive ketones (excluding diaryl/α,β-unsaturated/α-hetero) is 2. The molecule has 0 aromatic rings. The molecule has 1 rings (SSSR count). The molecule has 1 aliphatic rings. The third kappa shape index (κ3) is 3.46. The van der Waals surface area contributed by atoms with E-state index in [1.54, 1.807) is 6.92 Å². The highest BCUT2D eigenvalue weighted by atomic mass is 16.1. The standard InChI is InChI=1S/C17H18O2.C2H6/c1-7-11(6)15-14(10(4)5)16(18)12(8-2)13(9-3)17(15)19;1-2/h7-9H,2-4H2,1,5-6H3;1-2H3/b11-7-;. The van der Waals surface area contributed by atoms with Crippen LogP contribution in [0.15, 0.2) is 71.4 Å². The molecule has 0 unspecified atom stereocenters. The Balaban J connectivity index is 0.00000191. The first-order valence-electron chi connectivity index (χ1n) is 7.02. The third-order valence-electron chi connectivity index (χ3n) is 3.15. The Morgan fingerprint density at radius 1 is 0.905 bits per heavy atom.